The second kappa shape index (κ2) is 13.0. The van der Waals surface area contributed by atoms with Gasteiger partial charge in [-0.2, -0.15) is 0 Å². The average molecular weight is 724 g/mol. The molecule has 1 aliphatic rings. The minimum absolute atomic E-state index is 0.117. The van der Waals surface area contributed by atoms with Crippen LogP contribution in [0.1, 0.15) is 36.1 Å². The zero-order valence-electron chi connectivity index (χ0n) is 31.6. The predicted molar refractivity (Wildman–Crippen MR) is 237 cm³/mol. The summed E-state index contributed by atoms with van der Waals surface area (Å²) in [4.78, 5) is 2.51. The fraction of sp³-hybridized carbons (Fsp3) is 0.0943. The fourth-order valence-electron chi connectivity index (χ4n) is 8.95. The lowest BCUT2D eigenvalue weighted by Crippen LogP contribution is -2.17. The number of nitrogens with zero attached hydrogens (tertiary/aromatic N) is 1. The summed E-state index contributed by atoms with van der Waals surface area (Å²) in [5.41, 5.74) is 18.7. The maximum Gasteiger partial charge on any atom is 0.0540 e. The van der Waals surface area contributed by atoms with Crippen LogP contribution in [0.2, 0.25) is 0 Å². The van der Waals surface area contributed by atoms with Crippen molar-refractivity contribution in [1.82, 2.24) is 0 Å². The largest absolute Gasteiger partial charge is 0.310 e. The molecule has 8 aromatic carbocycles. The van der Waals surface area contributed by atoms with Crippen LogP contribution in [0.3, 0.4) is 0 Å². The fourth-order valence-corrected chi connectivity index (χ4v) is 10.1. The zero-order valence-corrected chi connectivity index (χ0v) is 32.4. The molecular formula is C53H41NS. The lowest BCUT2D eigenvalue weighted by atomic mass is 9.82. The van der Waals surface area contributed by atoms with Crippen molar-refractivity contribution in [3.8, 4) is 44.5 Å². The van der Waals surface area contributed by atoms with E-state index in [9.17, 15) is 0 Å². The minimum Gasteiger partial charge on any atom is -0.310 e. The van der Waals surface area contributed by atoms with Gasteiger partial charge < -0.3 is 4.90 Å². The SMILES string of the molecule is Cc1cccc(C)c1-c1cc(-c2ccc(-c3ccccc3)cc2)ccc1N(c1ccc2c(c1)C(C)(C)c1ccccc1-2)c1ccc2c(c1)sc1ccccc12. The van der Waals surface area contributed by atoms with E-state index in [1.165, 1.54) is 86.9 Å². The van der Waals surface area contributed by atoms with Gasteiger partial charge in [-0.25, -0.2) is 0 Å². The van der Waals surface area contributed by atoms with Crippen LogP contribution in [0.25, 0.3) is 64.7 Å². The molecule has 0 unspecified atom stereocenters. The predicted octanol–water partition coefficient (Wildman–Crippen LogP) is 15.4. The van der Waals surface area contributed by atoms with Gasteiger partial charge in [0.25, 0.3) is 0 Å². The summed E-state index contributed by atoms with van der Waals surface area (Å²) in [5, 5.41) is 2.62. The second-order valence-corrected chi connectivity index (χ2v) is 16.5. The number of fused-ring (bicyclic) bond motifs is 6. The van der Waals surface area contributed by atoms with Gasteiger partial charge in [-0.05, 0) is 118 Å². The van der Waals surface area contributed by atoms with Crippen LogP contribution >= 0.6 is 11.3 Å². The van der Waals surface area contributed by atoms with Crippen molar-refractivity contribution in [2.75, 3.05) is 4.90 Å². The van der Waals surface area contributed by atoms with Crippen molar-refractivity contribution in [2.45, 2.75) is 33.1 Å². The summed E-state index contributed by atoms with van der Waals surface area (Å²) < 4.78 is 2.61. The molecule has 1 aromatic heterocycles. The molecule has 0 saturated carbocycles. The van der Waals surface area contributed by atoms with Crippen LogP contribution in [-0.4, -0.2) is 0 Å². The van der Waals surface area contributed by atoms with Gasteiger partial charge in [0.2, 0.25) is 0 Å². The Morgan fingerprint density at radius 1 is 0.418 bits per heavy atom. The van der Waals surface area contributed by atoms with Crippen LogP contribution in [-0.2, 0) is 5.41 Å². The molecule has 0 saturated heterocycles. The molecule has 0 fully saturated rings. The summed E-state index contributed by atoms with van der Waals surface area (Å²) in [5.74, 6) is 0. The third-order valence-electron chi connectivity index (χ3n) is 11.8. The molecule has 264 valence electrons. The zero-order chi connectivity index (χ0) is 37.3. The highest BCUT2D eigenvalue weighted by Crippen LogP contribution is 2.52. The highest BCUT2D eigenvalue weighted by Gasteiger charge is 2.36. The summed E-state index contributed by atoms with van der Waals surface area (Å²) in [6, 6.07) is 65.2. The van der Waals surface area contributed by atoms with E-state index in [1.54, 1.807) is 0 Å². The van der Waals surface area contributed by atoms with E-state index < -0.39 is 0 Å². The van der Waals surface area contributed by atoms with Crippen LogP contribution in [0.15, 0.2) is 176 Å². The van der Waals surface area contributed by atoms with Crippen LogP contribution < -0.4 is 4.90 Å². The maximum atomic E-state index is 2.51. The van der Waals surface area contributed by atoms with Gasteiger partial charge in [0.15, 0.2) is 0 Å². The lowest BCUT2D eigenvalue weighted by Gasteiger charge is -2.31. The number of benzene rings is 8. The molecule has 9 aromatic rings. The van der Waals surface area contributed by atoms with Gasteiger partial charge in [0.05, 0.1) is 5.69 Å². The number of anilines is 3. The molecular weight excluding hydrogens is 683 g/mol. The number of rotatable bonds is 6. The lowest BCUT2D eigenvalue weighted by molar-refractivity contribution is 0.660. The highest BCUT2D eigenvalue weighted by atomic mass is 32.1. The molecule has 1 nitrogen and oxygen atoms in total. The number of hydrogen-bond donors (Lipinski definition) is 0. The molecule has 10 rings (SSSR count). The molecule has 0 N–H and O–H groups in total. The van der Waals surface area contributed by atoms with Gasteiger partial charge >= 0.3 is 0 Å². The van der Waals surface area contributed by atoms with Crippen LogP contribution in [0.5, 0.6) is 0 Å². The molecule has 0 amide bonds. The first-order valence-electron chi connectivity index (χ1n) is 19.2. The summed E-state index contributed by atoms with van der Waals surface area (Å²) in [6.07, 6.45) is 0. The number of thiophene rings is 1. The average Bonchev–Trinajstić information content (AvgIpc) is 3.70. The van der Waals surface area contributed by atoms with Crippen molar-refractivity contribution in [2.24, 2.45) is 0 Å². The van der Waals surface area contributed by atoms with E-state index in [1.807, 2.05) is 11.3 Å². The first-order valence-corrected chi connectivity index (χ1v) is 20.0. The monoisotopic (exact) mass is 723 g/mol. The van der Waals surface area contributed by atoms with Crippen molar-refractivity contribution >= 4 is 48.6 Å². The van der Waals surface area contributed by atoms with E-state index in [2.05, 4.69) is 209 Å². The Hall–Kier alpha value is -6.22. The normalized spacial score (nSPS) is 12.9. The molecule has 2 heteroatoms. The van der Waals surface area contributed by atoms with E-state index >= 15 is 0 Å². The summed E-state index contributed by atoms with van der Waals surface area (Å²) in [7, 11) is 0. The Morgan fingerprint density at radius 3 is 1.82 bits per heavy atom. The van der Waals surface area contributed by atoms with E-state index in [4.69, 9.17) is 0 Å². The minimum atomic E-state index is -0.117. The molecule has 1 aliphatic carbocycles. The van der Waals surface area contributed by atoms with Gasteiger partial charge in [0.1, 0.15) is 0 Å². The molecule has 55 heavy (non-hydrogen) atoms. The molecule has 0 spiro atoms. The number of aryl methyl sites for hydroxylation is 2. The van der Waals surface area contributed by atoms with Crippen molar-refractivity contribution in [3.05, 3.63) is 198 Å². The van der Waals surface area contributed by atoms with E-state index in [0.29, 0.717) is 0 Å². The molecule has 0 aliphatic heterocycles. The van der Waals surface area contributed by atoms with E-state index in [-0.39, 0.29) is 5.41 Å². The Kier molecular flexibility index (Phi) is 7.87. The van der Waals surface area contributed by atoms with Crippen LogP contribution in [0.4, 0.5) is 17.1 Å². The van der Waals surface area contributed by atoms with Crippen molar-refractivity contribution in [3.63, 3.8) is 0 Å². The van der Waals surface area contributed by atoms with Gasteiger partial charge in [-0.1, -0.05) is 147 Å². The topological polar surface area (TPSA) is 3.24 Å². The standard InChI is InChI=1S/C53H41NS/c1-34-13-12-14-35(2)52(34)46-31-39(38-23-21-37(22-24-38)36-15-6-5-7-16-36)25-30-49(46)54(41-27-29-45-44-18-9-11-20-50(44)55-51(45)33-41)40-26-28-43-42-17-8-10-19-47(42)53(3,4)48(43)32-40/h5-33H,1-4H3. The Labute approximate surface area is 327 Å². The summed E-state index contributed by atoms with van der Waals surface area (Å²) in [6.45, 7) is 9.23. The van der Waals surface area contributed by atoms with Crippen molar-refractivity contribution in [1.29, 1.82) is 0 Å². The maximum absolute atomic E-state index is 2.51. The highest BCUT2D eigenvalue weighted by molar-refractivity contribution is 7.25. The van der Waals surface area contributed by atoms with Crippen molar-refractivity contribution < 1.29 is 0 Å². The van der Waals surface area contributed by atoms with Gasteiger partial charge in [-0.15, -0.1) is 11.3 Å². The third-order valence-corrected chi connectivity index (χ3v) is 12.9. The second-order valence-electron chi connectivity index (χ2n) is 15.5. The smallest absolute Gasteiger partial charge is 0.0540 e. The Bertz CT molecular complexity index is 2890. The summed E-state index contributed by atoms with van der Waals surface area (Å²) >= 11 is 1.87. The first kappa shape index (κ1) is 33.4. The first-order chi connectivity index (χ1) is 26.8. The molecule has 0 bridgehead atoms. The van der Waals surface area contributed by atoms with E-state index in [0.717, 1.165) is 17.1 Å². The van der Waals surface area contributed by atoms with Crippen LogP contribution in [0, 0.1) is 13.8 Å². The van der Waals surface area contributed by atoms with Gasteiger partial charge in [-0.3, -0.25) is 0 Å². The Balaban J connectivity index is 1.20. The van der Waals surface area contributed by atoms with Gasteiger partial charge in [0, 0.05) is 42.5 Å². The molecule has 0 radical (unpaired) electrons. The Morgan fingerprint density at radius 2 is 1.02 bits per heavy atom. The molecule has 1 heterocycles. The molecule has 0 atom stereocenters. The third kappa shape index (κ3) is 5.51. The number of hydrogen-bond acceptors (Lipinski definition) is 2. The quantitative estimate of drug-likeness (QED) is 0.165.